The zero-order valence-corrected chi connectivity index (χ0v) is 16.7. The fourth-order valence-electron chi connectivity index (χ4n) is 2.66. The molecule has 2 rings (SSSR count). The molecule has 0 spiro atoms. The topological polar surface area (TPSA) is 88.7 Å². The number of rotatable bonds is 8. The number of urea groups is 1. The fourth-order valence-corrected chi connectivity index (χ4v) is 2.66. The zero-order chi connectivity index (χ0) is 20.5. The van der Waals surface area contributed by atoms with Crippen LogP contribution in [-0.2, 0) is 11.3 Å². The lowest BCUT2D eigenvalue weighted by atomic mass is 10.1. The number of benzene rings is 2. The molecule has 0 aromatic heterocycles. The number of carbonyl (C=O) groups is 2. The molecule has 1 unspecified atom stereocenters. The molecule has 150 valence electrons. The van der Waals surface area contributed by atoms with E-state index in [2.05, 4.69) is 16.0 Å². The van der Waals surface area contributed by atoms with E-state index < -0.39 is 6.03 Å². The van der Waals surface area contributed by atoms with Crippen molar-refractivity contribution in [3.63, 3.8) is 0 Å². The van der Waals surface area contributed by atoms with Crippen LogP contribution in [0, 0.1) is 6.92 Å². The van der Waals surface area contributed by atoms with Gasteiger partial charge in [-0.05, 0) is 37.6 Å². The molecule has 3 amide bonds. The van der Waals surface area contributed by atoms with Gasteiger partial charge in [-0.3, -0.25) is 4.79 Å². The second-order valence-corrected chi connectivity index (χ2v) is 6.42. The lowest BCUT2D eigenvalue weighted by Gasteiger charge is -2.18. The molecule has 0 bridgehead atoms. The van der Waals surface area contributed by atoms with Crippen molar-refractivity contribution in [2.24, 2.45) is 0 Å². The smallest absolute Gasteiger partial charge is 0.315 e. The highest BCUT2D eigenvalue weighted by Gasteiger charge is 2.15. The molecule has 28 heavy (non-hydrogen) atoms. The molecule has 2 aromatic carbocycles. The third-order valence-corrected chi connectivity index (χ3v) is 4.26. The Hall–Kier alpha value is -3.22. The minimum atomic E-state index is -0.401. The van der Waals surface area contributed by atoms with Gasteiger partial charge in [-0.1, -0.05) is 29.8 Å². The van der Waals surface area contributed by atoms with Crippen LogP contribution in [0.2, 0.25) is 0 Å². The Balaban J connectivity index is 1.81. The van der Waals surface area contributed by atoms with Gasteiger partial charge in [0.15, 0.2) is 0 Å². The van der Waals surface area contributed by atoms with E-state index in [1.165, 1.54) is 0 Å². The van der Waals surface area contributed by atoms with Crippen LogP contribution in [0.25, 0.3) is 0 Å². The number of aryl methyl sites for hydroxylation is 1. The van der Waals surface area contributed by atoms with Crippen LogP contribution >= 0.6 is 0 Å². The van der Waals surface area contributed by atoms with E-state index in [-0.39, 0.29) is 18.5 Å². The highest BCUT2D eigenvalue weighted by atomic mass is 16.5. The SMILES string of the molecule is COc1ccc(OC)c(C(C)NC(=O)CNC(=O)NCc2ccc(C)cc2)c1. The normalized spacial score (nSPS) is 11.3. The molecule has 0 aliphatic carbocycles. The number of amides is 3. The second-order valence-electron chi connectivity index (χ2n) is 6.42. The summed E-state index contributed by atoms with van der Waals surface area (Å²) in [6.07, 6.45) is 0. The summed E-state index contributed by atoms with van der Waals surface area (Å²) in [6, 6.07) is 12.5. The third kappa shape index (κ3) is 6.19. The summed E-state index contributed by atoms with van der Waals surface area (Å²) in [4.78, 5) is 24.1. The maximum Gasteiger partial charge on any atom is 0.315 e. The van der Waals surface area contributed by atoms with Gasteiger partial charge >= 0.3 is 6.03 Å². The fraction of sp³-hybridized carbons (Fsp3) is 0.333. The van der Waals surface area contributed by atoms with Crippen LogP contribution in [0.1, 0.15) is 29.7 Å². The molecule has 2 aromatic rings. The Morgan fingerprint density at radius 3 is 2.36 bits per heavy atom. The van der Waals surface area contributed by atoms with E-state index in [1.54, 1.807) is 26.4 Å². The molecule has 0 fully saturated rings. The van der Waals surface area contributed by atoms with Gasteiger partial charge in [0, 0.05) is 12.1 Å². The summed E-state index contributed by atoms with van der Waals surface area (Å²) in [5, 5.41) is 8.12. The lowest BCUT2D eigenvalue weighted by Crippen LogP contribution is -2.42. The standard InChI is InChI=1S/C21H27N3O4/c1-14-5-7-16(8-6-14)12-22-21(26)23-13-20(25)24-15(2)18-11-17(27-3)9-10-19(18)28-4/h5-11,15H,12-13H2,1-4H3,(H,24,25)(H2,22,23,26). The number of methoxy groups -OCH3 is 2. The number of carbonyl (C=O) groups excluding carboxylic acids is 2. The Kier molecular flexibility index (Phi) is 7.68. The van der Waals surface area contributed by atoms with Gasteiger partial charge in [0.25, 0.3) is 0 Å². The molecule has 3 N–H and O–H groups in total. The average Bonchev–Trinajstić information content (AvgIpc) is 2.71. The molecule has 0 heterocycles. The van der Waals surface area contributed by atoms with Crippen LogP contribution in [0.15, 0.2) is 42.5 Å². The minimum absolute atomic E-state index is 0.129. The summed E-state index contributed by atoms with van der Waals surface area (Å²) < 4.78 is 10.6. The quantitative estimate of drug-likeness (QED) is 0.652. The predicted molar refractivity (Wildman–Crippen MR) is 108 cm³/mol. The summed E-state index contributed by atoms with van der Waals surface area (Å²) in [7, 11) is 3.15. The van der Waals surface area contributed by atoms with Gasteiger partial charge in [-0.15, -0.1) is 0 Å². The summed E-state index contributed by atoms with van der Waals surface area (Å²) in [6.45, 7) is 4.11. The first-order chi connectivity index (χ1) is 13.4. The van der Waals surface area contributed by atoms with E-state index in [1.807, 2.05) is 44.2 Å². The zero-order valence-electron chi connectivity index (χ0n) is 16.7. The van der Waals surface area contributed by atoms with Crippen LogP contribution in [0.3, 0.4) is 0 Å². The molecular weight excluding hydrogens is 358 g/mol. The van der Waals surface area contributed by atoms with Crippen molar-refractivity contribution in [2.45, 2.75) is 26.4 Å². The van der Waals surface area contributed by atoms with Crippen LogP contribution in [0.5, 0.6) is 11.5 Å². The Bertz CT molecular complexity index is 806. The molecule has 0 aliphatic heterocycles. The second kappa shape index (κ2) is 10.2. The molecule has 0 saturated heterocycles. The highest BCUT2D eigenvalue weighted by molar-refractivity contribution is 5.84. The van der Waals surface area contributed by atoms with Gasteiger partial charge < -0.3 is 25.4 Å². The first-order valence-electron chi connectivity index (χ1n) is 9.01. The van der Waals surface area contributed by atoms with E-state index in [0.29, 0.717) is 18.0 Å². The van der Waals surface area contributed by atoms with E-state index >= 15 is 0 Å². The summed E-state index contributed by atoms with van der Waals surface area (Å²) in [5.41, 5.74) is 2.94. The maximum absolute atomic E-state index is 12.2. The Morgan fingerprint density at radius 1 is 1.00 bits per heavy atom. The van der Waals surface area contributed by atoms with Crippen LogP contribution < -0.4 is 25.4 Å². The largest absolute Gasteiger partial charge is 0.497 e. The molecular formula is C21H27N3O4. The van der Waals surface area contributed by atoms with Gasteiger partial charge in [0.1, 0.15) is 11.5 Å². The number of hydrogen-bond acceptors (Lipinski definition) is 4. The number of ether oxygens (including phenoxy) is 2. The monoisotopic (exact) mass is 385 g/mol. The number of hydrogen-bond donors (Lipinski definition) is 3. The lowest BCUT2D eigenvalue weighted by molar-refractivity contribution is -0.120. The van der Waals surface area contributed by atoms with Crippen LogP contribution in [-0.4, -0.2) is 32.7 Å². The first kappa shape index (κ1) is 21.1. The highest BCUT2D eigenvalue weighted by Crippen LogP contribution is 2.29. The molecule has 0 radical (unpaired) electrons. The van der Waals surface area contributed by atoms with Crippen molar-refractivity contribution in [3.8, 4) is 11.5 Å². The maximum atomic E-state index is 12.2. The Morgan fingerprint density at radius 2 is 1.71 bits per heavy atom. The van der Waals surface area contributed by atoms with Gasteiger partial charge in [0.2, 0.25) is 5.91 Å². The van der Waals surface area contributed by atoms with Crippen molar-refractivity contribution in [3.05, 3.63) is 59.2 Å². The Labute approximate surface area is 165 Å². The summed E-state index contributed by atoms with van der Waals surface area (Å²) in [5.74, 6) is 1.02. The minimum Gasteiger partial charge on any atom is -0.497 e. The van der Waals surface area contributed by atoms with E-state index in [0.717, 1.165) is 16.7 Å². The molecule has 7 heteroatoms. The molecule has 1 atom stereocenters. The number of nitrogens with one attached hydrogen (secondary N) is 3. The van der Waals surface area contributed by atoms with Gasteiger partial charge in [-0.25, -0.2) is 4.79 Å². The van der Waals surface area contributed by atoms with Crippen molar-refractivity contribution in [1.82, 2.24) is 16.0 Å². The summed E-state index contributed by atoms with van der Waals surface area (Å²) >= 11 is 0. The third-order valence-electron chi connectivity index (χ3n) is 4.26. The van der Waals surface area contributed by atoms with Crippen molar-refractivity contribution < 1.29 is 19.1 Å². The first-order valence-corrected chi connectivity index (χ1v) is 9.01. The molecule has 0 aliphatic rings. The van der Waals surface area contributed by atoms with Crippen molar-refractivity contribution in [2.75, 3.05) is 20.8 Å². The average molecular weight is 385 g/mol. The predicted octanol–water partition coefficient (Wildman–Crippen LogP) is 2.69. The van der Waals surface area contributed by atoms with E-state index in [9.17, 15) is 9.59 Å². The van der Waals surface area contributed by atoms with Crippen molar-refractivity contribution in [1.29, 1.82) is 0 Å². The molecule has 0 saturated carbocycles. The van der Waals surface area contributed by atoms with E-state index in [4.69, 9.17) is 9.47 Å². The molecule has 7 nitrogen and oxygen atoms in total. The van der Waals surface area contributed by atoms with Crippen molar-refractivity contribution >= 4 is 11.9 Å². The van der Waals surface area contributed by atoms with Gasteiger partial charge in [0.05, 0.1) is 26.8 Å². The van der Waals surface area contributed by atoms with Gasteiger partial charge in [-0.2, -0.15) is 0 Å². The van der Waals surface area contributed by atoms with Crippen LogP contribution in [0.4, 0.5) is 4.79 Å².